The van der Waals surface area contributed by atoms with Crippen LogP contribution >= 0.6 is 0 Å². The second-order valence-corrected chi connectivity index (χ2v) is 7.17. The van der Waals surface area contributed by atoms with Crippen LogP contribution in [-0.4, -0.2) is 9.97 Å². The van der Waals surface area contributed by atoms with Crippen LogP contribution in [0.2, 0.25) is 0 Å². The van der Waals surface area contributed by atoms with E-state index in [-0.39, 0.29) is 0 Å². The highest BCUT2D eigenvalue weighted by Crippen LogP contribution is 2.30. The Bertz CT molecular complexity index is 1100. The second kappa shape index (κ2) is 6.84. The van der Waals surface area contributed by atoms with Gasteiger partial charge in [-0.15, -0.1) is 0 Å². The van der Waals surface area contributed by atoms with Gasteiger partial charge in [-0.3, -0.25) is 4.98 Å². The van der Waals surface area contributed by atoms with Gasteiger partial charge in [-0.05, 0) is 77.6 Å². The Morgan fingerprint density at radius 3 is 2.56 bits per heavy atom. The van der Waals surface area contributed by atoms with Gasteiger partial charge in [-0.25, -0.2) is 4.98 Å². The van der Waals surface area contributed by atoms with E-state index in [4.69, 9.17) is 4.98 Å². The predicted molar refractivity (Wildman–Crippen MR) is 111 cm³/mol. The number of rotatable bonds is 4. The van der Waals surface area contributed by atoms with E-state index in [9.17, 15) is 0 Å². The molecule has 0 bridgehead atoms. The van der Waals surface area contributed by atoms with Crippen molar-refractivity contribution in [3.63, 3.8) is 0 Å². The molecule has 132 valence electrons. The van der Waals surface area contributed by atoms with E-state index in [2.05, 4.69) is 64.9 Å². The van der Waals surface area contributed by atoms with Crippen LogP contribution in [0, 0.1) is 0 Å². The first-order valence-corrected chi connectivity index (χ1v) is 9.51. The number of pyridine rings is 2. The van der Waals surface area contributed by atoms with Crippen molar-refractivity contribution in [2.24, 2.45) is 0 Å². The number of hydrogen-bond acceptors (Lipinski definition) is 3. The predicted octanol–water partition coefficient (Wildman–Crippen LogP) is 5.45. The third-order valence-electron chi connectivity index (χ3n) is 5.38. The van der Waals surface area contributed by atoms with E-state index in [1.807, 2.05) is 18.6 Å². The van der Waals surface area contributed by atoms with Gasteiger partial charge in [-0.2, -0.15) is 0 Å². The Labute approximate surface area is 159 Å². The lowest BCUT2D eigenvalue weighted by Crippen LogP contribution is -1.99. The van der Waals surface area contributed by atoms with Crippen molar-refractivity contribution in [3.8, 4) is 0 Å². The molecule has 0 saturated carbocycles. The summed E-state index contributed by atoms with van der Waals surface area (Å²) >= 11 is 0. The maximum atomic E-state index is 4.77. The van der Waals surface area contributed by atoms with Gasteiger partial charge in [0.1, 0.15) is 5.82 Å². The van der Waals surface area contributed by atoms with Crippen molar-refractivity contribution < 1.29 is 0 Å². The number of nitrogens with one attached hydrogen (secondary N) is 1. The maximum absolute atomic E-state index is 4.77. The molecule has 1 N–H and O–H groups in total. The van der Waals surface area contributed by atoms with E-state index in [0.717, 1.165) is 23.3 Å². The zero-order chi connectivity index (χ0) is 18.1. The van der Waals surface area contributed by atoms with Gasteiger partial charge in [0.05, 0.1) is 0 Å². The minimum atomic E-state index is 0.856. The number of hydrogen-bond donors (Lipinski definition) is 1. The standard InChI is InChI=1S/C24H21N3/c1-2-7-23-22(6-1)20(14-17-10-12-25-13-11-17)16-26-24(23)27-21-9-8-18-4-3-5-19(18)15-21/h1-2,6-13,15-16H,3-5,14H2,(H,26,27). The van der Waals surface area contributed by atoms with Gasteiger partial charge < -0.3 is 5.32 Å². The van der Waals surface area contributed by atoms with Crippen LogP contribution in [0.1, 0.15) is 28.7 Å². The molecule has 1 aliphatic rings. The summed E-state index contributed by atoms with van der Waals surface area (Å²) in [5.41, 5.74) is 6.56. The van der Waals surface area contributed by atoms with Gasteiger partial charge in [0, 0.05) is 29.7 Å². The van der Waals surface area contributed by atoms with Gasteiger partial charge in [0.2, 0.25) is 0 Å². The second-order valence-electron chi connectivity index (χ2n) is 7.17. The molecular formula is C24H21N3. The minimum Gasteiger partial charge on any atom is -0.340 e. The quantitative estimate of drug-likeness (QED) is 0.531. The average Bonchev–Trinajstić information content (AvgIpc) is 3.18. The van der Waals surface area contributed by atoms with Crippen LogP contribution in [0.25, 0.3) is 10.8 Å². The van der Waals surface area contributed by atoms with Crippen molar-refractivity contribution in [1.82, 2.24) is 9.97 Å². The molecule has 3 nitrogen and oxygen atoms in total. The Kier molecular flexibility index (Phi) is 4.06. The van der Waals surface area contributed by atoms with E-state index in [1.54, 1.807) is 0 Å². The molecule has 0 unspecified atom stereocenters. The van der Waals surface area contributed by atoms with E-state index >= 15 is 0 Å². The summed E-state index contributed by atoms with van der Waals surface area (Å²) < 4.78 is 0. The number of aromatic nitrogens is 2. The van der Waals surface area contributed by atoms with Gasteiger partial charge in [0.25, 0.3) is 0 Å². The molecule has 2 heterocycles. The Morgan fingerprint density at radius 1 is 0.852 bits per heavy atom. The molecule has 27 heavy (non-hydrogen) atoms. The first-order chi connectivity index (χ1) is 13.4. The minimum absolute atomic E-state index is 0.856. The average molecular weight is 351 g/mol. The van der Waals surface area contributed by atoms with Gasteiger partial charge in [-0.1, -0.05) is 30.3 Å². The highest BCUT2D eigenvalue weighted by molar-refractivity contribution is 5.95. The topological polar surface area (TPSA) is 37.8 Å². The molecule has 0 amide bonds. The fourth-order valence-electron chi connectivity index (χ4n) is 4.00. The molecule has 0 aliphatic heterocycles. The fraction of sp³-hybridized carbons (Fsp3) is 0.167. The van der Waals surface area contributed by atoms with Crippen molar-refractivity contribution in [1.29, 1.82) is 0 Å². The van der Waals surface area contributed by atoms with Gasteiger partial charge in [0.15, 0.2) is 0 Å². The SMILES string of the molecule is c1ccc2c(Nc3ccc4c(c3)CCC4)ncc(Cc3ccncc3)c2c1. The third-order valence-corrected chi connectivity index (χ3v) is 5.38. The molecule has 2 aromatic heterocycles. The number of fused-ring (bicyclic) bond motifs is 2. The van der Waals surface area contributed by atoms with Crippen molar-refractivity contribution in [2.45, 2.75) is 25.7 Å². The Hall–Kier alpha value is -3.20. The molecule has 3 heteroatoms. The summed E-state index contributed by atoms with van der Waals surface area (Å²) in [6, 6.07) is 19.3. The number of nitrogens with zero attached hydrogens (tertiary/aromatic N) is 2. The number of benzene rings is 2. The molecule has 1 aliphatic carbocycles. The highest BCUT2D eigenvalue weighted by atomic mass is 15.0. The molecule has 0 radical (unpaired) electrons. The molecular weight excluding hydrogens is 330 g/mol. The summed E-state index contributed by atoms with van der Waals surface area (Å²) in [5, 5.41) is 5.95. The van der Waals surface area contributed by atoms with Crippen molar-refractivity contribution >= 4 is 22.3 Å². The maximum Gasteiger partial charge on any atom is 0.138 e. The molecule has 4 aromatic rings. The number of anilines is 2. The first-order valence-electron chi connectivity index (χ1n) is 9.51. The fourth-order valence-corrected chi connectivity index (χ4v) is 4.00. The molecule has 0 atom stereocenters. The molecule has 5 rings (SSSR count). The molecule has 0 saturated heterocycles. The third kappa shape index (κ3) is 3.17. The van der Waals surface area contributed by atoms with Crippen LogP contribution in [0.3, 0.4) is 0 Å². The zero-order valence-corrected chi connectivity index (χ0v) is 15.2. The van der Waals surface area contributed by atoms with Crippen molar-refractivity contribution in [2.75, 3.05) is 5.32 Å². The lowest BCUT2D eigenvalue weighted by Gasteiger charge is -2.13. The largest absolute Gasteiger partial charge is 0.340 e. The van der Waals surface area contributed by atoms with E-state index in [0.29, 0.717) is 0 Å². The normalized spacial score (nSPS) is 12.9. The summed E-state index contributed by atoms with van der Waals surface area (Å²) in [7, 11) is 0. The molecule has 2 aromatic carbocycles. The van der Waals surface area contributed by atoms with Crippen LogP contribution < -0.4 is 5.32 Å². The summed E-state index contributed by atoms with van der Waals surface area (Å²) in [6.45, 7) is 0. The molecule has 0 fully saturated rings. The van der Waals surface area contributed by atoms with Gasteiger partial charge >= 0.3 is 0 Å². The Balaban J connectivity index is 1.51. The van der Waals surface area contributed by atoms with E-state index in [1.165, 1.54) is 46.9 Å². The molecule has 0 spiro atoms. The van der Waals surface area contributed by atoms with Crippen molar-refractivity contribution in [3.05, 3.63) is 95.4 Å². The smallest absolute Gasteiger partial charge is 0.138 e. The lowest BCUT2D eigenvalue weighted by molar-refractivity contribution is 0.912. The van der Waals surface area contributed by atoms with Crippen LogP contribution in [0.5, 0.6) is 0 Å². The Morgan fingerprint density at radius 2 is 1.67 bits per heavy atom. The summed E-state index contributed by atoms with van der Waals surface area (Å²) in [5.74, 6) is 0.919. The summed E-state index contributed by atoms with van der Waals surface area (Å²) in [4.78, 5) is 8.87. The first kappa shape index (κ1) is 16.0. The monoisotopic (exact) mass is 351 g/mol. The van der Waals surface area contributed by atoms with Crippen LogP contribution in [-0.2, 0) is 19.3 Å². The lowest BCUT2D eigenvalue weighted by atomic mass is 10.0. The number of aryl methyl sites for hydroxylation is 2. The van der Waals surface area contributed by atoms with E-state index < -0.39 is 0 Å². The van der Waals surface area contributed by atoms with Crippen LogP contribution in [0.15, 0.2) is 73.2 Å². The zero-order valence-electron chi connectivity index (χ0n) is 15.2. The van der Waals surface area contributed by atoms with Crippen LogP contribution in [0.4, 0.5) is 11.5 Å². The summed E-state index contributed by atoms with van der Waals surface area (Å²) in [6.07, 6.45) is 10.2. The highest BCUT2D eigenvalue weighted by Gasteiger charge is 2.12.